The topological polar surface area (TPSA) is 180 Å². The van der Waals surface area contributed by atoms with Gasteiger partial charge in [-0.05, 0) is 87.4 Å². The largest absolute Gasteiger partial charge is 0.421 e. The van der Waals surface area contributed by atoms with Gasteiger partial charge in [0.2, 0.25) is 0 Å². The second-order valence-corrected chi connectivity index (χ2v) is 17.4. The number of halogens is 8. The second-order valence-electron chi connectivity index (χ2n) is 17.4. The summed E-state index contributed by atoms with van der Waals surface area (Å²) in [7, 11) is 0. The van der Waals surface area contributed by atoms with Crippen LogP contribution in [-0.2, 0) is 0 Å². The number of nitrogen functional groups attached to an aromatic ring is 1. The molecule has 9 rings (SSSR count). The number of nitrogens with one attached hydrogen (secondary N) is 1. The van der Waals surface area contributed by atoms with Crippen LogP contribution in [0.5, 0.6) is 5.75 Å². The number of nitrogens with zero attached hydrogens (tertiary/aromatic N) is 8. The van der Waals surface area contributed by atoms with Gasteiger partial charge in [0.05, 0.1) is 46.7 Å². The number of alkyl halides is 6. The quantitative estimate of drug-likeness (QED) is 0.111. The Hall–Kier alpha value is -7.46. The molecule has 71 heavy (non-hydrogen) atoms. The summed E-state index contributed by atoms with van der Waals surface area (Å²) in [6, 6.07) is 18.9. The van der Waals surface area contributed by atoms with E-state index in [1.165, 1.54) is 53.1 Å². The van der Waals surface area contributed by atoms with Gasteiger partial charge in [-0.25, -0.2) is 38.3 Å². The molecule has 2 saturated heterocycles. The first-order valence-electron chi connectivity index (χ1n) is 22.4. The number of Topliss-reactive ketones (excluding diaryl/α,β-unsaturated/α-hetero) is 2. The molecule has 0 radical (unpaired) electrons. The van der Waals surface area contributed by atoms with Gasteiger partial charge in [-0.3, -0.25) is 24.7 Å². The van der Waals surface area contributed by atoms with E-state index < -0.39 is 66.5 Å². The van der Waals surface area contributed by atoms with Crippen molar-refractivity contribution >= 4 is 58.3 Å². The van der Waals surface area contributed by atoms with Crippen LogP contribution in [0, 0.1) is 37.3 Å². The number of carbonyl (C=O) groups is 4. The van der Waals surface area contributed by atoms with Crippen LogP contribution in [0.3, 0.4) is 0 Å². The van der Waals surface area contributed by atoms with Crippen LogP contribution in [0.15, 0.2) is 78.9 Å². The molecule has 15 nitrogen and oxygen atoms in total. The summed E-state index contributed by atoms with van der Waals surface area (Å²) in [5.74, 6) is -4.53. The number of nitrogens with two attached hydrogens (primary N) is 1. The van der Waals surface area contributed by atoms with Gasteiger partial charge in [-0.2, -0.15) is 26.3 Å². The third kappa shape index (κ3) is 11.9. The van der Waals surface area contributed by atoms with Gasteiger partial charge in [0.25, 0.3) is 0 Å². The summed E-state index contributed by atoms with van der Waals surface area (Å²) in [4.78, 5) is 74.1. The van der Waals surface area contributed by atoms with E-state index in [1.54, 1.807) is 49.4 Å². The highest BCUT2D eigenvalue weighted by molar-refractivity contribution is 6.05. The van der Waals surface area contributed by atoms with Crippen LogP contribution in [0.25, 0.3) is 0 Å². The highest BCUT2D eigenvalue weighted by atomic mass is 19.4. The Balaban J connectivity index is 0.000000178. The van der Waals surface area contributed by atoms with Crippen LogP contribution < -0.4 is 35.4 Å². The zero-order valence-corrected chi connectivity index (χ0v) is 38.7. The van der Waals surface area contributed by atoms with E-state index >= 15 is 0 Å². The molecule has 2 fully saturated rings. The predicted molar refractivity (Wildman–Crippen MR) is 247 cm³/mol. The summed E-state index contributed by atoms with van der Waals surface area (Å²) in [5, 5.41) is 2.62. The van der Waals surface area contributed by atoms with E-state index in [9.17, 15) is 54.3 Å². The fourth-order valence-corrected chi connectivity index (χ4v) is 8.21. The second kappa shape index (κ2) is 20.9. The number of anilines is 6. The van der Waals surface area contributed by atoms with Gasteiger partial charge >= 0.3 is 24.5 Å². The molecule has 0 unspecified atom stereocenters. The first-order chi connectivity index (χ1) is 33.5. The zero-order chi connectivity index (χ0) is 51.5. The molecule has 4 aromatic heterocycles. The lowest BCUT2D eigenvalue weighted by atomic mass is 10.0. The molecule has 8 heterocycles. The van der Waals surface area contributed by atoms with Crippen molar-refractivity contribution < 1.29 is 59.0 Å². The van der Waals surface area contributed by atoms with Crippen molar-refractivity contribution in [1.82, 2.24) is 19.9 Å². The van der Waals surface area contributed by atoms with Crippen molar-refractivity contribution in [2.24, 2.45) is 11.8 Å². The predicted octanol–water partition coefficient (Wildman–Crippen LogP) is 9.89. The van der Waals surface area contributed by atoms with Crippen LogP contribution >= 0.6 is 0 Å². The average Bonchev–Trinajstić information content (AvgIpc) is 3.94. The number of para-hydroxylation sites is 1. The minimum Gasteiger partial charge on any atom is -0.410 e. The molecule has 4 aliphatic rings. The molecular formula is C48H48F8N10O5. The van der Waals surface area contributed by atoms with Gasteiger partial charge in [0, 0.05) is 39.0 Å². The van der Waals surface area contributed by atoms with Crippen molar-refractivity contribution in [3.8, 4) is 5.75 Å². The normalized spacial score (nSPS) is 17.4. The number of hydrogen-bond donors (Lipinski definition) is 2. The zero-order valence-electron chi connectivity index (χ0n) is 38.7. The van der Waals surface area contributed by atoms with Gasteiger partial charge in [0.15, 0.2) is 23.2 Å². The number of aryl methyl sites for hydroxylation is 2. The Kier molecular flexibility index (Phi) is 15.1. The van der Waals surface area contributed by atoms with Crippen molar-refractivity contribution in [2.45, 2.75) is 77.8 Å². The van der Waals surface area contributed by atoms with Crippen LogP contribution in [0.2, 0.25) is 0 Å². The number of urea groups is 1. The highest BCUT2D eigenvalue weighted by Gasteiger charge is 2.44. The molecule has 0 aliphatic carbocycles. The number of ketones is 2. The molecule has 3 N–H and O–H groups in total. The monoisotopic (exact) mass is 996 g/mol. The molecule has 23 heteroatoms. The number of rotatable bonds is 8. The minimum atomic E-state index is -4.49. The number of carbonyl (C=O) groups excluding carboxylic acids is 4. The Labute approximate surface area is 402 Å². The number of aromatic nitrogens is 4. The standard InChI is InChI=1S/C21H21F4N5O2.C21H20F3N3O3.C6H7FN2/c1-11(21(23,24)25)9-17(31)15-4-5-16-19(27-15)30(13-7-8-29(16)10-13)20(32)28-18-6-3-14(22)12(2)26-18;1-13(21(22,23)24)11-18(28)16-7-8-17-19(25-16)27(14-9-10-26(17)12-14)20(29)30-15-5-3-2-4-6-15;1-4-5(7)2-3-6(8)9-4/h3-6,11,13H,7-10H2,1-2H3,(H,26,28,32);2-8,13-14H,9-12H2,1H3;2-3H,1H3,(H2,8,9)/t11-,13-;13-,14-;/m00./s1. The van der Waals surface area contributed by atoms with Crippen LogP contribution in [0.4, 0.5) is 79.4 Å². The number of ether oxygens (including phenoxy) is 1. The highest BCUT2D eigenvalue weighted by Crippen LogP contribution is 2.41. The van der Waals surface area contributed by atoms with E-state index in [-0.39, 0.29) is 52.4 Å². The molecule has 0 saturated carbocycles. The molecule has 376 valence electrons. The fourth-order valence-electron chi connectivity index (χ4n) is 8.21. The molecule has 4 atom stereocenters. The Morgan fingerprint density at radius 1 is 0.662 bits per heavy atom. The van der Waals surface area contributed by atoms with Gasteiger partial charge in [-0.15, -0.1) is 0 Å². The maximum absolute atomic E-state index is 13.5. The van der Waals surface area contributed by atoms with Gasteiger partial charge < -0.3 is 20.3 Å². The molecule has 4 bridgehead atoms. The summed E-state index contributed by atoms with van der Waals surface area (Å²) in [5.41, 5.74) is 6.78. The van der Waals surface area contributed by atoms with E-state index in [1.807, 2.05) is 9.80 Å². The lowest BCUT2D eigenvalue weighted by Gasteiger charge is -2.35. The number of benzene rings is 1. The lowest BCUT2D eigenvalue weighted by Crippen LogP contribution is -2.48. The number of amides is 3. The number of hydrogen-bond acceptors (Lipinski definition) is 12. The van der Waals surface area contributed by atoms with E-state index in [4.69, 9.17) is 10.5 Å². The Morgan fingerprint density at radius 2 is 1.14 bits per heavy atom. The smallest absolute Gasteiger partial charge is 0.410 e. The third-order valence-electron chi connectivity index (χ3n) is 12.2. The van der Waals surface area contributed by atoms with Crippen molar-refractivity contribution in [1.29, 1.82) is 0 Å². The summed E-state index contributed by atoms with van der Waals surface area (Å²) < 4.78 is 108. The number of fused-ring (bicyclic) bond motifs is 8. The molecular weight excluding hydrogens is 949 g/mol. The van der Waals surface area contributed by atoms with E-state index in [0.717, 1.165) is 13.8 Å². The van der Waals surface area contributed by atoms with Crippen molar-refractivity contribution in [3.05, 3.63) is 113 Å². The first-order valence-corrected chi connectivity index (χ1v) is 22.4. The van der Waals surface area contributed by atoms with Crippen LogP contribution in [-0.4, -0.2) is 94.2 Å². The van der Waals surface area contributed by atoms with E-state index in [0.29, 0.717) is 67.7 Å². The van der Waals surface area contributed by atoms with Crippen molar-refractivity contribution in [3.63, 3.8) is 0 Å². The van der Waals surface area contributed by atoms with Gasteiger partial charge in [0.1, 0.15) is 40.4 Å². The molecule has 4 aliphatic heterocycles. The van der Waals surface area contributed by atoms with E-state index in [2.05, 4.69) is 25.3 Å². The molecule has 5 aromatic rings. The fraction of sp³-hybridized carbons (Fsp3) is 0.375. The van der Waals surface area contributed by atoms with Crippen LogP contribution in [0.1, 0.15) is 71.9 Å². The SMILES string of the molecule is C[C@@H](CC(=O)c1ccc2c(n1)N(C(=O)Oc1ccccc1)[C@H]1CCN2C1)C(F)(F)F.Cc1nc(N)ccc1F.Cc1nc(NC(=O)N2c3nc(C(=O)C[C@H](C)C(F)(F)F)ccc3N3CC[C@H]2C3)ccc1F. The Bertz CT molecular complexity index is 2800. The third-order valence-corrected chi connectivity index (χ3v) is 12.2. The molecule has 1 aromatic carbocycles. The molecule has 3 amide bonds. The average molecular weight is 997 g/mol. The summed E-state index contributed by atoms with van der Waals surface area (Å²) in [6.07, 6.45) is -9.64. The van der Waals surface area contributed by atoms with Crippen molar-refractivity contribution in [2.75, 3.05) is 56.8 Å². The summed E-state index contributed by atoms with van der Waals surface area (Å²) in [6.45, 7) is 7.52. The maximum Gasteiger partial charge on any atom is 0.421 e. The number of pyridine rings is 4. The lowest BCUT2D eigenvalue weighted by molar-refractivity contribution is -0.169. The maximum atomic E-state index is 13.5. The van der Waals surface area contributed by atoms with Gasteiger partial charge in [-0.1, -0.05) is 32.0 Å². The Morgan fingerprint density at radius 3 is 1.62 bits per heavy atom. The minimum absolute atomic E-state index is 0.0927. The summed E-state index contributed by atoms with van der Waals surface area (Å²) >= 11 is 0. The first kappa shape index (κ1) is 51.4. The molecule has 0 spiro atoms.